The number of nitriles is 1. The van der Waals surface area contributed by atoms with Gasteiger partial charge in [0.1, 0.15) is 17.5 Å². The molecule has 1 aliphatic rings. The van der Waals surface area contributed by atoms with Gasteiger partial charge in [-0.05, 0) is 24.3 Å². The molecular weight excluding hydrogens is 314 g/mol. The van der Waals surface area contributed by atoms with Gasteiger partial charge in [0.05, 0.1) is 12.3 Å². The van der Waals surface area contributed by atoms with Crippen LogP contribution in [0.1, 0.15) is 43.2 Å². The van der Waals surface area contributed by atoms with Gasteiger partial charge in [-0.3, -0.25) is 0 Å². The summed E-state index contributed by atoms with van der Waals surface area (Å²) in [5.74, 6) is 0.870. The Morgan fingerprint density at radius 2 is 1.80 bits per heavy atom. The van der Waals surface area contributed by atoms with E-state index >= 15 is 0 Å². The minimum Gasteiger partial charge on any atom is -0.382 e. The first kappa shape index (κ1) is 17.2. The molecule has 0 atom stereocenters. The Kier molecular flexibility index (Phi) is 5.46. The lowest BCUT2D eigenvalue weighted by atomic mass is 9.90. The molecule has 1 fully saturated rings. The number of nitrogen functional groups attached to an aromatic ring is 2. The number of rotatable bonds is 5. The van der Waals surface area contributed by atoms with Gasteiger partial charge in [-0.25, -0.2) is 4.98 Å². The number of ether oxygens (including phenoxy) is 1. The van der Waals surface area contributed by atoms with Crippen LogP contribution >= 0.6 is 0 Å². The minimum absolute atomic E-state index is 0.0615. The van der Waals surface area contributed by atoms with Gasteiger partial charge >= 0.3 is 0 Å². The molecule has 6 nitrogen and oxygen atoms in total. The SMILES string of the molecule is N#Cc1c(N)nc(N)nc1-c1ccc(COCC2CCCCC2)cc1. The Hall–Kier alpha value is -2.65. The summed E-state index contributed by atoms with van der Waals surface area (Å²) in [5.41, 5.74) is 14.0. The largest absolute Gasteiger partial charge is 0.382 e. The molecule has 0 bridgehead atoms. The van der Waals surface area contributed by atoms with Crippen LogP contribution in [0.5, 0.6) is 0 Å². The summed E-state index contributed by atoms with van der Waals surface area (Å²) in [4.78, 5) is 8.00. The minimum atomic E-state index is 0.0615. The van der Waals surface area contributed by atoms with Gasteiger partial charge in [-0.15, -0.1) is 0 Å². The summed E-state index contributed by atoms with van der Waals surface area (Å²) in [7, 11) is 0. The van der Waals surface area contributed by atoms with Crippen LogP contribution in [0, 0.1) is 17.2 Å². The molecule has 3 rings (SSSR count). The van der Waals surface area contributed by atoms with Crippen molar-refractivity contribution in [3.63, 3.8) is 0 Å². The molecule has 130 valence electrons. The van der Waals surface area contributed by atoms with Crippen molar-refractivity contribution in [2.24, 2.45) is 5.92 Å². The Bertz CT molecular complexity index is 761. The molecule has 0 spiro atoms. The van der Waals surface area contributed by atoms with Gasteiger partial charge in [0.2, 0.25) is 5.95 Å². The maximum Gasteiger partial charge on any atom is 0.222 e. The fourth-order valence-electron chi connectivity index (χ4n) is 3.27. The first-order valence-electron chi connectivity index (χ1n) is 8.67. The van der Waals surface area contributed by atoms with Gasteiger partial charge in [-0.1, -0.05) is 43.5 Å². The number of hydrogen-bond acceptors (Lipinski definition) is 6. The summed E-state index contributed by atoms with van der Waals surface area (Å²) in [6.45, 7) is 1.43. The number of hydrogen-bond donors (Lipinski definition) is 2. The lowest BCUT2D eigenvalue weighted by molar-refractivity contribution is 0.0739. The lowest BCUT2D eigenvalue weighted by Gasteiger charge is -2.21. The van der Waals surface area contributed by atoms with Crippen LogP contribution in [0.3, 0.4) is 0 Å². The average molecular weight is 337 g/mol. The third-order valence-electron chi connectivity index (χ3n) is 4.64. The van der Waals surface area contributed by atoms with Crippen molar-refractivity contribution < 1.29 is 4.74 Å². The van der Waals surface area contributed by atoms with Crippen LogP contribution in [0.15, 0.2) is 24.3 Å². The Labute approximate surface area is 147 Å². The summed E-state index contributed by atoms with van der Waals surface area (Å²) >= 11 is 0. The second-order valence-corrected chi connectivity index (χ2v) is 6.52. The highest BCUT2D eigenvalue weighted by atomic mass is 16.5. The van der Waals surface area contributed by atoms with Crippen molar-refractivity contribution in [2.75, 3.05) is 18.1 Å². The highest BCUT2D eigenvalue weighted by Gasteiger charge is 2.14. The van der Waals surface area contributed by atoms with Crippen molar-refractivity contribution in [3.8, 4) is 17.3 Å². The van der Waals surface area contributed by atoms with E-state index in [2.05, 4.69) is 9.97 Å². The zero-order chi connectivity index (χ0) is 17.6. The fourth-order valence-corrected chi connectivity index (χ4v) is 3.27. The Morgan fingerprint density at radius 3 is 2.48 bits per heavy atom. The zero-order valence-corrected chi connectivity index (χ0v) is 14.2. The smallest absolute Gasteiger partial charge is 0.222 e. The van der Waals surface area contributed by atoms with E-state index in [0.29, 0.717) is 18.2 Å². The second-order valence-electron chi connectivity index (χ2n) is 6.52. The molecule has 0 radical (unpaired) electrons. The molecule has 0 aliphatic heterocycles. The van der Waals surface area contributed by atoms with Crippen molar-refractivity contribution in [1.82, 2.24) is 9.97 Å². The van der Waals surface area contributed by atoms with E-state index in [9.17, 15) is 5.26 Å². The third kappa shape index (κ3) is 4.25. The summed E-state index contributed by atoms with van der Waals surface area (Å²) < 4.78 is 5.87. The molecule has 2 aromatic rings. The maximum absolute atomic E-state index is 9.28. The van der Waals surface area contributed by atoms with E-state index in [0.717, 1.165) is 17.7 Å². The molecule has 1 aliphatic carbocycles. The predicted octanol–water partition coefficient (Wildman–Crippen LogP) is 3.28. The molecule has 1 heterocycles. The van der Waals surface area contributed by atoms with Gasteiger partial charge < -0.3 is 16.2 Å². The van der Waals surface area contributed by atoms with Crippen molar-refractivity contribution >= 4 is 11.8 Å². The number of benzene rings is 1. The van der Waals surface area contributed by atoms with Crippen LogP contribution in [0.2, 0.25) is 0 Å². The maximum atomic E-state index is 9.28. The first-order chi connectivity index (χ1) is 12.2. The molecule has 1 aromatic heterocycles. The number of nitrogens with zero attached hydrogens (tertiary/aromatic N) is 3. The average Bonchev–Trinajstić information content (AvgIpc) is 2.63. The summed E-state index contributed by atoms with van der Waals surface area (Å²) in [6.07, 6.45) is 6.59. The lowest BCUT2D eigenvalue weighted by Crippen LogP contribution is -2.13. The van der Waals surface area contributed by atoms with E-state index in [1.807, 2.05) is 30.3 Å². The van der Waals surface area contributed by atoms with Gasteiger partial charge in [0.25, 0.3) is 0 Å². The van der Waals surface area contributed by atoms with E-state index in [-0.39, 0.29) is 17.3 Å². The van der Waals surface area contributed by atoms with Crippen molar-refractivity contribution in [1.29, 1.82) is 5.26 Å². The van der Waals surface area contributed by atoms with E-state index < -0.39 is 0 Å². The topological polar surface area (TPSA) is 111 Å². The van der Waals surface area contributed by atoms with Crippen LogP contribution in [0.25, 0.3) is 11.3 Å². The second kappa shape index (κ2) is 7.95. The van der Waals surface area contributed by atoms with E-state index in [4.69, 9.17) is 16.2 Å². The summed E-state index contributed by atoms with van der Waals surface area (Å²) in [5, 5.41) is 9.28. The first-order valence-corrected chi connectivity index (χ1v) is 8.67. The van der Waals surface area contributed by atoms with Crippen LogP contribution < -0.4 is 11.5 Å². The van der Waals surface area contributed by atoms with Crippen LogP contribution in [0.4, 0.5) is 11.8 Å². The highest BCUT2D eigenvalue weighted by molar-refractivity contribution is 5.73. The fraction of sp³-hybridized carbons (Fsp3) is 0.421. The normalized spacial score (nSPS) is 15.0. The van der Waals surface area contributed by atoms with E-state index in [1.54, 1.807) is 0 Å². The third-order valence-corrected chi connectivity index (χ3v) is 4.64. The van der Waals surface area contributed by atoms with Crippen molar-refractivity contribution in [3.05, 3.63) is 35.4 Å². The van der Waals surface area contributed by atoms with Gasteiger partial charge in [0.15, 0.2) is 0 Å². The molecule has 6 heteroatoms. The molecule has 25 heavy (non-hydrogen) atoms. The number of aromatic nitrogens is 2. The highest BCUT2D eigenvalue weighted by Crippen LogP contribution is 2.26. The quantitative estimate of drug-likeness (QED) is 0.866. The monoisotopic (exact) mass is 337 g/mol. The summed E-state index contributed by atoms with van der Waals surface area (Å²) in [6, 6.07) is 9.81. The molecule has 1 aromatic carbocycles. The number of anilines is 2. The molecule has 0 amide bonds. The van der Waals surface area contributed by atoms with Crippen molar-refractivity contribution in [2.45, 2.75) is 38.7 Å². The van der Waals surface area contributed by atoms with E-state index in [1.165, 1.54) is 32.1 Å². The molecule has 0 saturated heterocycles. The Morgan fingerprint density at radius 1 is 1.08 bits per heavy atom. The molecule has 4 N–H and O–H groups in total. The van der Waals surface area contributed by atoms with Crippen LogP contribution in [-0.4, -0.2) is 16.6 Å². The molecular formula is C19H23N5O. The molecule has 1 saturated carbocycles. The standard InChI is InChI=1S/C19H23N5O/c20-10-16-17(23-19(22)24-18(16)21)15-8-6-14(7-9-15)12-25-11-13-4-2-1-3-5-13/h6-9,13H,1-5,11-12H2,(H4,21,22,23,24). The van der Waals surface area contributed by atoms with Gasteiger partial charge in [0, 0.05) is 12.2 Å². The predicted molar refractivity (Wildman–Crippen MR) is 97.2 cm³/mol. The molecule has 0 unspecified atom stereocenters. The van der Waals surface area contributed by atoms with Gasteiger partial charge in [-0.2, -0.15) is 10.2 Å². The number of nitrogens with two attached hydrogens (primary N) is 2. The zero-order valence-electron chi connectivity index (χ0n) is 14.2. The Balaban J connectivity index is 1.65. The van der Waals surface area contributed by atoms with Crippen LogP contribution in [-0.2, 0) is 11.3 Å².